The van der Waals surface area contributed by atoms with E-state index in [0.717, 1.165) is 11.8 Å². The van der Waals surface area contributed by atoms with E-state index >= 15 is 0 Å². The van der Waals surface area contributed by atoms with E-state index < -0.39 is 0 Å². The summed E-state index contributed by atoms with van der Waals surface area (Å²) in [7, 11) is 2.14. The maximum Gasteiger partial charge on any atom is 0.0351 e. The van der Waals surface area contributed by atoms with Gasteiger partial charge in [0.1, 0.15) is 0 Å². The molecule has 1 aromatic carbocycles. The van der Waals surface area contributed by atoms with Gasteiger partial charge >= 0.3 is 0 Å². The highest BCUT2D eigenvalue weighted by molar-refractivity contribution is 5.40. The summed E-state index contributed by atoms with van der Waals surface area (Å²) in [6, 6.07) is 5.21. The van der Waals surface area contributed by atoms with Crippen LogP contribution in [0.5, 0.6) is 0 Å². The number of aryl methyl sites for hydroxylation is 3. The van der Waals surface area contributed by atoms with E-state index in [1.165, 1.54) is 48.8 Å². The van der Waals surface area contributed by atoms with E-state index in [9.17, 15) is 0 Å². The topological polar surface area (TPSA) is 12.0 Å². The third-order valence-corrected chi connectivity index (χ3v) is 5.23. The minimum Gasteiger partial charge on any atom is -0.313 e. The van der Waals surface area contributed by atoms with Crippen LogP contribution in [0.4, 0.5) is 0 Å². The summed E-state index contributed by atoms with van der Waals surface area (Å²) < 4.78 is 0. The van der Waals surface area contributed by atoms with Crippen molar-refractivity contribution in [1.29, 1.82) is 0 Å². The summed E-state index contributed by atoms with van der Waals surface area (Å²) >= 11 is 0. The lowest BCUT2D eigenvalue weighted by Crippen LogP contribution is -2.30. The van der Waals surface area contributed by atoms with Crippen molar-refractivity contribution in [2.45, 2.75) is 65.8 Å². The first kappa shape index (κ1) is 15.6. The summed E-state index contributed by atoms with van der Waals surface area (Å²) in [6.07, 6.45) is 6.98. The lowest BCUT2D eigenvalue weighted by molar-refractivity contribution is 0.214. The predicted molar refractivity (Wildman–Crippen MR) is 88.2 cm³/mol. The Balaban J connectivity index is 2.28. The summed E-state index contributed by atoms with van der Waals surface area (Å²) in [5.41, 5.74) is 5.86. The van der Waals surface area contributed by atoms with Crippen LogP contribution >= 0.6 is 0 Å². The van der Waals surface area contributed by atoms with Gasteiger partial charge in [0.25, 0.3) is 0 Å². The van der Waals surface area contributed by atoms with Gasteiger partial charge in [-0.05, 0) is 69.2 Å². The number of rotatable bonds is 4. The third-order valence-electron chi connectivity index (χ3n) is 5.23. The fourth-order valence-electron chi connectivity index (χ4n) is 4.30. The standard InChI is InChI=1S/C19H31N/c1-6-16-8-7-9-17(12-16)19(20-5)18-14(3)10-13(2)11-15(18)4/h10-11,16-17,19-20H,6-9,12H2,1-5H3. The van der Waals surface area contributed by atoms with Gasteiger partial charge in [0.15, 0.2) is 0 Å². The molecular weight excluding hydrogens is 242 g/mol. The molecule has 0 radical (unpaired) electrons. The first-order chi connectivity index (χ1) is 9.56. The molecule has 2 rings (SSSR count). The Bertz CT molecular complexity index is 426. The molecule has 0 amide bonds. The van der Waals surface area contributed by atoms with Crippen LogP contribution in [0.15, 0.2) is 12.1 Å². The minimum absolute atomic E-state index is 0.532. The van der Waals surface area contributed by atoms with Crippen molar-refractivity contribution in [3.05, 3.63) is 34.4 Å². The van der Waals surface area contributed by atoms with E-state index in [2.05, 4.69) is 52.2 Å². The average molecular weight is 273 g/mol. The van der Waals surface area contributed by atoms with Gasteiger partial charge in [-0.15, -0.1) is 0 Å². The van der Waals surface area contributed by atoms with Crippen molar-refractivity contribution in [3.63, 3.8) is 0 Å². The van der Waals surface area contributed by atoms with Crippen molar-refractivity contribution < 1.29 is 0 Å². The highest BCUT2D eigenvalue weighted by atomic mass is 14.9. The molecule has 1 nitrogen and oxygen atoms in total. The molecule has 1 aromatic rings. The molecule has 3 atom stereocenters. The molecule has 1 saturated carbocycles. The van der Waals surface area contributed by atoms with E-state index in [0.29, 0.717) is 6.04 Å². The van der Waals surface area contributed by atoms with Crippen molar-refractivity contribution in [2.75, 3.05) is 7.05 Å². The van der Waals surface area contributed by atoms with Crippen molar-refractivity contribution >= 4 is 0 Å². The fourth-order valence-corrected chi connectivity index (χ4v) is 4.30. The zero-order chi connectivity index (χ0) is 14.7. The molecule has 0 bridgehead atoms. The molecule has 0 spiro atoms. The Morgan fingerprint density at radius 1 is 1.15 bits per heavy atom. The second-order valence-electron chi connectivity index (χ2n) is 6.78. The maximum atomic E-state index is 3.63. The largest absolute Gasteiger partial charge is 0.313 e. The summed E-state index contributed by atoms with van der Waals surface area (Å²) in [5, 5.41) is 3.63. The van der Waals surface area contributed by atoms with Gasteiger partial charge in [0, 0.05) is 6.04 Å². The van der Waals surface area contributed by atoms with Crippen LogP contribution in [0, 0.1) is 32.6 Å². The molecule has 0 heterocycles. The van der Waals surface area contributed by atoms with Crippen LogP contribution in [-0.2, 0) is 0 Å². The van der Waals surface area contributed by atoms with Crippen molar-refractivity contribution in [3.8, 4) is 0 Å². The first-order valence-electron chi connectivity index (χ1n) is 8.31. The molecule has 1 N–H and O–H groups in total. The van der Waals surface area contributed by atoms with Crippen LogP contribution < -0.4 is 5.32 Å². The molecule has 1 aliphatic rings. The van der Waals surface area contributed by atoms with Gasteiger partial charge < -0.3 is 5.32 Å². The van der Waals surface area contributed by atoms with Crippen LogP contribution in [0.25, 0.3) is 0 Å². The van der Waals surface area contributed by atoms with E-state index in [1.807, 2.05) is 0 Å². The quantitative estimate of drug-likeness (QED) is 0.806. The van der Waals surface area contributed by atoms with Crippen LogP contribution in [0.1, 0.15) is 67.3 Å². The second-order valence-corrected chi connectivity index (χ2v) is 6.78. The Morgan fingerprint density at radius 2 is 1.80 bits per heavy atom. The molecule has 1 aliphatic carbocycles. The summed E-state index contributed by atoms with van der Waals surface area (Å²) in [6.45, 7) is 9.11. The second kappa shape index (κ2) is 6.76. The third kappa shape index (κ3) is 3.25. The van der Waals surface area contributed by atoms with E-state index in [-0.39, 0.29) is 0 Å². The zero-order valence-electron chi connectivity index (χ0n) is 13.9. The highest BCUT2D eigenvalue weighted by Crippen LogP contribution is 2.40. The van der Waals surface area contributed by atoms with Gasteiger partial charge in [-0.2, -0.15) is 0 Å². The SMILES string of the molecule is CCC1CCCC(C(NC)c2c(C)cc(C)cc2C)C1. The van der Waals surface area contributed by atoms with Gasteiger partial charge in [0.2, 0.25) is 0 Å². The van der Waals surface area contributed by atoms with Gasteiger partial charge in [-0.3, -0.25) is 0 Å². The Labute approximate surface area is 125 Å². The molecule has 0 saturated heterocycles. The minimum atomic E-state index is 0.532. The molecule has 3 unspecified atom stereocenters. The Morgan fingerprint density at radius 3 is 2.35 bits per heavy atom. The van der Waals surface area contributed by atoms with E-state index in [1.54, 1.807) is 5.56 Å². The molecule has 112 valence electrons. The maximum absolute atomic E-state index is 3.63. The van der Waals surface area contributed by atoms with Gasteiger partial charge in [0.05, 0.1) is 0 Å². The van der Waals surface area contributed by atoms with E-state index in [4.69, 9.17) is 0 Å². The summed E-state index contributed by atoms with van der Waals surface area (Å²) in [5.74, 6) is 1.74. The van der Waals surface area contributed by atoms with Crippen LogP contribution in [0.2, 0.25) is 0 Å². The normalized spacial score (nSPS) is 24.6. The summed E-state index contributed by atoms with van der Waals surface area (Å²) in [4.78, 5) is 0. The average Bonchev–Trinajstić information content (AvgIpc) is 2.42. The molecular formula is C19H31N. The van der Waals surface area contributed by atoms with Crippen molar-refractivity contribution in [2.24, 2.45) is 11.8 Å². The smallest absolute Gasteiger partial charge is 0.0351 e. The van der Waals surface area contributed by atoms with Crippen LogP contribution in [0.3, 0.4) is 0 Å². The first-order valence-corrected chi connectivity index (χ1v) is 8.31. The Hall–Kier alpha value is -0.820. The molecule has 0 aliphatic heterocycles. The zero-order valence-corrected chi connectivity index (χ0v) is 13.9. The lowest BCUT2D eigenvalue weighted by Gasteiger charge is -2.36. The van der Waals surface area contributed by atoms with Crippen LogP contribution in [-0.4, -0.2) is 7.05 Å². The fraction of sp³-hybridized carbons (Fsp3) is 0.684. The van der Waals surface area contributed by atoms with Gasteiger partial charge in [-0.25, -0.2) is 0 Å². The lowest BCUT2D eigenvalue weighted by atomic mass is 9.74. The molecule has 1 fully saturated rings. The number of nitrogens with one attached hydrogen (secondary N) is 1. The molecule has 1 heteroatoms. The highest BCUT2D eigenvalue weighted by Gasteiger charge is 2.29. The Kier molecular flexibility index (Phi) is 5.26. The predicted octanol–water partition coefficient (Wildman–Crippen LogP) is 5.09. The number of benzene rings is 1. The van der Waals surface area contributed by atoms with Crippen molar-refractivity contribution in [1.82, 2.24) is 5.32 Å². The molecule has 20 heavy (non-hydrogen) atoms. The molecule has 0 aromatic heterocycles. The number of hydrogen-bond acceptors (Lipinski definition) is 1. The van der Waals surface area contributed by atoms with Gasteiger partial charge in [-0.1, -0.05) is 43.9 Å². The number of hydrogen-bond donors (Lipinski definition) is 1. The monoisotopic (exact) mass is 273 g/mol.